The minimum atomic E-state index is -0.522. The normalized spacial score (nSPS) is 10.3. The lowest BCUT2D eigenvalue weighted by Crippen LogP contribution is -2.11. The molecule has 0 saturated carbocycles. The average Bonchev–Trinajstić information content (AvgIpc) is 2.75. The summed E-state index contributed by atoms with van der Waals surface area (Å²) in [5.41, 5.74) is 6.62. The van der Waals surface area contributed by atoms with Crippen LogP contribution >= 0.6 is 0 Å². The van der Waals surface area contributed by atoms with Gasteiger partial charge in [-0.15, -0.1) is 0 Å². The van der Waals surface area contributed by atoms with Gasteiger partial charge in [-0.25, -0.2) is 19.7 Å². The molecule has 2 aromatic heterocycles. The summed E-state index contributed by atoms with van der Waals surface area (Å²) in [6.45, 7) is 2.00. The van der Waals surface area contributed by atoms with Gasteiger partial charge in [0, 0.05) is 13.2 Å². The molecule has 0 unspecified atom stereocenters. The van der Waals surface area contributed by atoms with Crippen LogP contribution in [0.3, 0.4) is 0 Å². The third kappa shape index (κ3) is 2.15. The summed E-state index contributed by atoms with van der Waals surface area (Å²) < 4.78 is 6.61. The molecule has 0 spiro atoms. The maximum absolute atomic E-state index is 11.5. The van der Waals surface area contributed by atoms with E-state index < -0.39 is 5.97 Å². The second-order valence-corrected chi connectivity index (χ2v) is 3.60. The molecule has 0 atom stereocenters. The van der Waals surface area contributed by atoms with Crippen LogP contribution in [0.2, 0.25) is 0 Å². The molecule has 2 N–H and O–H groups in total. The molecule has 0 aliphatic carbocycles. The molecular weight excluding hydrogens is 234 g/mol. The Kier molecular flexibility index (Phi) is 3.22. The number of imidazole rings is 1. The second-order valence-electron chi connectivity index (χ2n) is 3.60. The van der Waals surface area contributed by atoms with Crippen molar-refractivity contribution < 1.29 is 9.53 Å². The number of nitrogen functional groups attached to an aromatic ring is 1. The van der Waals surface area contributed by atoms with Crippen molar-refractivity contribution in [2.24, 2.45) is 7.05 Å². The number of carbonyl (C=O) groups excluding carboxylic acids is 1. The monoisotopic (exact) mass is 247 g/mol. The Morgan fingerprint density at radius 1 is 1.50 bits per heavy atom. The van der Waals surface area contributed by atoms with Crippen molar-refractivity contribution in [2.75, 3.05) is 12.3 Å². The van der Waals surface area contributed by atoms with Crippen LogP contribution in [0, 0.1) is 0 Å². The number of anilines is 1. The van der Waals surface area contributed by atoms with E-state index in [-0.39, 0.29) is 18.0 Å². The number of hydrogen-bond donors (Lipinski definition) is 1. The van der Waals surface area contributed by atoms with E-state index in [2.05, 4.69) is 15.0 Å². The maximum Gasteiger partial charge on any atom is 0.343 e. The van der Waals surface area contributed by atoms with Crippen LogP contribution in [-0.2, 0) is 11.8 Å². The van der Waals surface area contributed by atoms with E-state index in [0.29, 0.717) is 5.82 Å². The molecule has 94 valence electrons. The van der Waals surface area contributed by atoms with E-state index >= 15 is 0 Å². The lowest BCUT2D eigenvalue weighted by atomic mass is 10.3. The van der Waals surface area contributed by atoms with Crippen LogP contribution in [0.5, 0.6) is 0 Å². The Morgan fingerprint density at radius 3 is 2.83 bits per heavy atom. The van der Waals surface area contributed by atoms with Crippen molar-refractivity contribution in [1.29, 1.82) is 0 Å². The van der Waals surface area contributed by atoms with Crippen molar-refractivity contribution in [3.63, 3.8) is 0 Å². The molecule has 0 saturated heterocycles. The zero-order chi connectivity index (χ0) is 13.1. The van der Waals surface area contributed by atoms with Crippen molar-refractivity contribution in [3.8, 4) is 11.5 Å². The van der Waals surface area contributed by atoms with Gasteiger partial charge in [0.15, 0.2) is 5.82 Å². The summed E-state index contributed by atoms with van der Waals surface area (Å²) in [7, 11) is 1.82. The van der Waals surface area contributed by atoms with E-state index in [1.165, 1.54) is 6.20 Å². The van der Waals surface area contributed by atoms with Gasteiger partial charge < -0.3 is 15.0 Å². The van der Waals surface area contributed by atoms with E-state index in [1.807, 2.05) is 7.05 Å². The van der Waals surface area contributed by atoms with E-state index in [0.717, 1.165) is 5.69 Å². The summed E-state index contributed by atoms with van der Waals surface area (Å²) in [6.07, 6.45) is 4.62. The zero-order valence-electron chi connectivity index (χ0n) is 10.1. The summed E-state index contributed by atoms with van der Waals surface area (Å²) in [5, 5.41) is 0. The fraction of sp³-hybridized carbons (Fsp3) is 0.273. The van der Waals surface area contributed by atoms with Gasteiger partial charge in [-0.1, -0.05) is 0 Å². The highest BCUT2D eigenvalue weighted by atomic mass is 16.5. The highest BCUT2D eigenvalue weighted by Crippen LogP contribution is 2.17. The minimum Gasteiger partial charge on any atom is -0.462 e. The van der Waals surface area contributed by atoms with Crippen molar-refractivity contribution >= 4 is 11.8 Å². The molecule has 0 aliphatic rings. The van der Waals surface area contributed by atoms with Gasteiger partial charge in [-0.2, -0.15) is 0 Å². The molecular formula is C11H13N5O2. The lowest BCUT2D eigenvalue weighted by molar-refractivity contribution is 0.0527. The number of aryl methyl sites for hydroxylation is 1. The first-order chi connectivity index (χ1) is 8.63. The highest BCUT2D eigenvalue weighted by molar-refractivity contribution is 5.93. The number of esters is 1. The molecule has 0 aliphatic heterocycles. The first-order valence-electron chi connectivity index (χ1n) is 5.39. The van der Waals surface area contributed by atoms with Crippen LogP contribution in [-0.4, -0.2) is 32.1 Å². The Morgan fingerprint density at radius 2 is 2.28 bits per heavy atom. The second kappa shape index (κ2) is 4.82. The molecule has 0 bridgehead atoms. The van der Waals surface area contributed by atoms with Crippen LogP contribution < -0.4 is 5.73 Å². The van der Waals surface area contributed by atoms with Crippen LogP contribution in [0.25, 0.3) is 11.5 Å². The SMILES string of the molecule is CCOC(=O)c1cnc(-c2cncn2C)nc1N. The van der Waals surface area contributed by atoms with Gasteiger partial charge in [0.25, 0.3) is 0 Å². The number of ether oxygens (including phenoxy) is 1. The Hall–Kier alpha value is -2.44. The van der Waals surface area contributed by atoms with E-state index in [9.17, 15) is 4.79 Å². The number of rotatable bonds is 3. The Labute approximate surface area is 104 Å². The third-order valence-corrected chi connectivity index (χ3v) is 2.36. The first-order valence-corrected chi connectivity index (χ1v) is 5.39. The van der Waals surface area contributed by atoms with Crippen molar-refractivity contribution in [2.45, 2.75) is 6.92 Å². The van der Waals surface area contributed by atoms with Crippen LogP contribution in [0.4, 0.5) is 5.82 Å². The van der Waals surface area contributed by atoms with E-state index in [1.54, 1.807) is 24.0 Å². The molecule has 2 rings (SSSR count). The van der Waals surface area contributed by atoms with E-state index in [4.69, 9.17) is 10.5 Å². The fourth-order valence-electron chi connectivity index (χ4n) is 1.46. The van der Waals surface area contributed by atoms with Crippen LogP contribution in [0.15, 0.2) is 18.7 Å². The van der Waals surface area contributed by atoms with Gasteiger partial charge >= 0.3 is 5.97 Å². The molecule has 0 fully saturated rings. The molecule has 7 heteroatoms. The van der Waals surface area contributed by atoms with Crippen LogP contribution in [0.1, 0.15) is 17.3 Å². The molecule has 0 radical (unpaired) electrons. The van der Waals surface area contributed by atoms with Crippen molar-refractivity contribution in [3.05, 3.63) is 24.3 Å². The van der Waals surface area contributed by atoms with Gasteiger partial charge in [0.2, 0.25) is 0 Å². The number of nitrogens with two attached hydrogens (primary N) is 1. The Bertz CT molecular complexity index is 579. The molecule has 2 heterocycles. The molecule has 7 nitrogen and oxygen atoms in total. The molecule has 0 amide bonds. The maximum atomic E-state index is 11.5. The minimum absolute atomic E-state index is 0.0969. The first kappa shape index (κ1) is 12.0. The number of aromatic nitrogens is 4. The zero-order valence-corrected chi connectivity index (χ0v) is 10.1. The molecule has 0 aromatic carbocycles. The fourth-order valence-corrected chi connectivity index (χ4v) is 1.46. The van der Waals surface area contributed by atoms with Crippen molar-refractivity contribution in [1.82, 2.24) is 19.5 Å². The molecule has 18 heavy (non-hydrogen) atoms. The predicted octanol–water partition coefficient (Wildman–Crippen LogP) is 0.636. The third-order valence-electron chi connectivity index (χ3n) is 2.36. The quantitative estimate of drug-likeness (QED) is 0.799. The topological polar surface area (TPSA) is 95.9 Å². The van der Waals surface area contributed by atoms with Gasteiger partial charge in [-0.3, -0.25) is 0 Å². The average molecular weight is 247 g/mol. The number of hydrogen-bond acceptors (Lipinski definition) is 6. The standard InChI is InChI=1S/C11H13N5O2/c1-3-18-11(17)7-4-14-10(15-9(7)12)8-5-13-6-16(8)2/h4-6H,3H2,1-2H3,(H2,12,14,15). The smallest absolute Gasteiger partial charge is 0.343 e. The van der Waals surface area contributed by atoms with Gasteiger partial charge in [0.1, 0.15) is 17.1 Å². The van der Waals surface area contributed by atoms with Gasteiger partial charge in [-0.05, 0) is 6.92 Å². The lowest BCUT2D eigenvalue weighted by Gasteiger charge is -2.06. The number of nitrogens with zero attached hydrogens (tertiary/aromatic N) is 4. The summed E-state index contributed by atoms with van der Waals surface area (Å²) in [4.78, 5) is 23.7. The summed E-state index contributed by atoms with van der Waals surface area (Å²) >= 11 is 0. The summed E-state index contributed by atoms with van der Waals surface area (Å²) in [5.74, 6) is -0.00763. The van der Waals surface area contributed by atoms with Gasteiger partial charge in [0.05, 0.1) is 19.1 Å². The largest absolute Gasteiger partial charge is 0.462 e. The summed E-state index contributed by atoms with van der Waals surface area (Å²) in [6, 6.07) is 0. The Balaban J connectivity index is 2.36. The predicted molar refractivity (Wildman–Crippen MR) is 64.6 cm³/mol. The molecule has 2 aromatic rings. The highest BCUT2D eigenvalue weighted by Gasteiger charge is 2.15. The number of carbonyl (C=O) groups is 1.